The number of hydrogen-bond donors (Lipinski definition) is 1. The first-order valence-corrected chi connectivity index (χ1v) is 6.20. The molecule has 0 amide bonds. The topological polar surface area (TPSA) is 12.0 Å². The van der Waals surface area contributed by atoms with Crippen LogP contribution in [-0.2, 0) is 0 Å². The third kappa shape index (κ3) is 2.98. The zero-order valence-electron chi connectivity index (χ0n) is 8.47. The number of hydrogen-bond acceptors (Lipinski definition) is 2. The van der Waals surface area contributed by atoms with E-state index in [0.29, 0.717) is 0 Å². The van der Waals surface area contributed by atoms with Gasteiger partial charge in [-0.15, -0.1) is 0 Å². The van der Waals surface area contributed by atoms with Crippen molar-refractivity contribution in [2.45, 2.75) is 33.2 Å². The van der Waals surface area contributed by atoms with Crippen molar-refractivity contribution >= 4 is 11.8 Å². The van der Waals surface area contributed by atoms with Gasteiger partial charge in [0.1, 0.15) is 0 Å². The molecule has 1 saturated heterocycles. The Morgan fingerprint density at radius 2 is 2.17 bits per heavy atom. The Labute approximate surface area is 80.7 Å². The maximum absolute atomic E-state index is 3.58. The average Bonchev–Trinajstić information content (AvgIpc) is 2.37. The minimum atomic E-state index is 0.794. The van der Waals surface area contributed by atoms with Crippen LogP contribution in [0.15, 0.2) is 0 Å². The Bertz CT molecular complexity index is 125. The summed E-state index contributed by atoms with van der Waals surface area (Å²) in [6, 6.07) is 0.794. The summed E-state index contributed by atoms with van der Waals surface area (Å²) >= 11 is 2.11. The second-order valence-electron chi connectivity index (χ2n) is 4.09. The predicted octanol–water partition coefficient (Wildman–Crippen LogP) is 2.37. The number of thioether (sulfide) groups is 1. The van der Waals surface area contributed by atoms with E-state index < -0.39 is 0 Å². The Hall–Kier alpha value is 0.310. The van der Waals surface area contributed by atoms with Gasteiger partial charge in [0.2, 0.25) is 0 Å². The van der Waals surface area contributed by atoms with E-state index in [4.69, 9.17) is 0 Å². The van der Waals surface area contributed by atoms with E-state index in [1.54, 1.807) is 0 Å². The first kappa shape index (κ1) is 10.4. The van der Waals surface area contributed by atoms with Gasteiger partial charge in [-0.2, -0.15) is 11.8 Å². The zero-order valence-corrected chi connectivity index (χ0v) is 9.29. The highest BCUT2D eigenvalue weighted by molar-refractivity contribution is 7.99. The molecule has 12 heavy (non-hydrogen) atoms. The maximum Gasteiger partial charge on any atom is 0.0194 e. The molecule has 0 radical (unpaired) electrons. The van der Waals surface area contributed by atoms with Crippen LogP contribution in [0.2, 0.25) is 0 Å². The molecular weight excluding hydrogens is 166 g/mol. The third-order valence-electron chi connectivity index (χ3n) is 2.44. The molecule has 0 bridgehead atoms. The average molecular weight is 187 g/mol. The SMILES string of the molecule is CCNC1CSCC1CC(C)C. The van der Waals surface area contributed by atoms with Crippen LogP contribution in [0.3, 0.4) is 0 Å². The molecule has 1 aliphatic heterocycles. The second kappa shape index (κ2) is 5.13. The fraction of sp³-hybridized carbons (Fsp3) is 1.00. The van der Waals surface area contributed by atoms with Gasteiger partial charge >= 0.3 is 0 Å². The van der Waals surface area contributed by atoms with Gasteiger partial charge in [-0.1, -0.05) is 20.8 Å². The molecule has 1 rings (SSSR count). The van der Waals surface area contributed by atoms with Crippen LogP contribution in [0, 0.1) is 11.8 Å². The summed E-state index contributed by atoms with van der Waals surface area (Å²) in [6.45, 7) is 7.98. The molecule has 1 N–H and O–H groups in total. The van der Waals surface area contributed by atoms with Crippen molar-refractivity contribution in [1.82, 2.24) is 5.32 Å². The molecule has 0 aromatic rings. The highest BCUT2D eigenvalue weighted by Gasteiger charge is 2.27. The molecule has 1 fully saturated rings. The van der Waals surface area contributed by atoms with E-state index in [-0.39, 0.29) is 0 Å². The van der Waals surface area contributed by atoms with E-state index in [1.807, 2.05) is 0 Å². The summed E-state index contributed by atoms with van der Waals surface area (Å²) in [5.41, 5.74) is 0. The highest BCUT2D eigenvalue weighted by atomic mass is 32.2. The lowest BCUT2D eigenvalue weighted by atomic mass is 9.93. The standard InChI is InChI=1S/C10H21NS/c1-4-11-10-7-12-6-9(10)5-8(2)3/h8-11H,4-7H2,1-3H3. The van der Waals surface area contributed by atoms with Gasteiger partial charge in [-0.3, -0.25) is 0 Å². The third-order valence-corrected chi connectivity index (χ3v) is 3.70. The highest BCUT2D eigenvalue weighted by Crippen LogP contribution is 2.29. The van der Waals surface area contributed by atoms with E-state index in [9.17, 15) is 0 Å². The fourth-order valence-electron chi connectivity index (χ4n) is 1.92. The Morgan fingerprint density at radius 1 is 1.42 bits per heavy atom. The lowest BCUT2D eigenvalue weighted by Gasteiger charge is -2.20. The largest absolute Gasteiger partial charge is 0.313 e. The number of rotatable bonds is 4. The van der Waals surface area contributed by atoms with Crippen LogP contribution in [0.25, 0.3) is 0 Å². The van der Waals surface area contributed by atoms with Crippen molar-refractivity contribution in [3.05, 3.63) is 0 Å². The van der Waals surface area contributed by atoms with Gasteiger partial charge in [-0.05, 0) is 30.6 Å². The zero-order chi connectivity index (χ0) is 8.97. The van der Waals surface area contributed by atoms with Crippen LogP contribution in [-0.4, -0.2) is 24.1 Å². The molecule has 1 aliphatic rings. The minimum Gasteiger partial charge on any atom is -0.313 e. The smallest absolute Gasteiger partial charge is 0.0194 e. The lowest BCUT2D eigenvalue weighted by molar-refractivity contribution is 0.366. The molecule has 0 aliphatic carbocycles. The van der Waals surface area contributed by atoms with Crippen LogP contribution in [0.4, 0.5) is 0 Å². The van der Waals surface area contributed by atoms with E-state index >= 15 is 0 Å². The monoisotopic (exact) mass is 187 g/mol. The first-order valence-electron chi connectivity index (χ1n) is 5.05. The molecule has 2 heteroatoms. The van der Waals surface area contributed by atoms with Crippen LogP contribution >= 0.6 is 11.8 Å². The normalized spacial score (nSPS) is 30.0. The lowest BCUT2D eigenvalue weighted by Crippen LogP contribution is -2.35. The summed E-state index contributed by atoms with van der Waals surface area (Å²) in [4.78, 5) is 0. The van der Waals surface area contributed by atoms with Gasteiger partial charge in [0, 0.05) is 11.8 Å². The quantitative estimate of drug-likeness (QED) is 0.725. The predicted molar refractivity (Wildman–Crippen MR) is 57.7 cm³/mol. The maximum atomic E-state index is 3.58. The van der Waals surface area contributed by atoms with Crippen molar-refractivity contribution in [3.63, 3.8) is 0 Å². The van der Waals surface area contributed by atoms with Crippen LogP contribution < -0.4 is 5.32 Å². The summed E-state index contributed by atoms with van der Waals surface area (Å²) in [5.74, 6) is 4.48. The van der Waals surface area contributed by atoms with Gasteiger partial charge in [0.05, 0.1) is 0 Å². The fourth-order valence-corrected chi connectivity index (χ4v) is 3.38. The molecule has 72 valence electrons. The summed E-state index contributed by atoms with van der Waals surface area (Å²) in [6.07, 6.45) is 1.39. The molecule has 0 saturated carbocycles. The Kier molecular flexibility index (Phi) is 4.44. The molecule has 2 unspecified atom stereocenters. The summed E-state index contributed by atoms with van der Waals surface area (Å²) in [7, 11) is 0. The van der Waals surface area contributed by atoms with Crippen LogP contribution in [0.5, 0.6) is 0 Å². The molecule has 0 aromatic carbocycles. The van der Waals surface area contributed by atoms with Crippen molar-refractivity contribution in [2.24, 2.45) is 11.8 Å². The number of nitrogens with one attached hydrogen (secondary N) is 1. The molecule has 0 aromatic heterocycles. The van der Waals surface area contributed by atoms with E-state index in [0.717, 1.165) is 24.4 Å². The van der Waals surface area contributed by atoms with Crippen molar-refractivity contribution in [3.8, 4) is 0 Å². The van der Waals surface area contributed by atoms with Gasteiger partial charge in [0.25, 0.3) is 0 Å². The molecule has 0 spiro atoms. The molecular formula is C10H21NS. The van der Waals surface area contributed by atoms with Crippen molar-refractivity contribution in [1.29, 1.82) is 0 Å². The minimum absolute atomic E-state index is 0.794. The first-order chi connectivity index (χ1) is 5.74. The Balaban J connectivity index is 2.30. The van der Waals surface area contributed by atoms with Gasteiger partial charge in [-0.25, -0.2) is 0 Å². The van der Waals surface area contributed by atoms with Gasteiger partial charge in [0.15, 0.2) is 0 Å². The van der Waals surface area contributed by atoms with Crippen molar-refractivity contribution < 1.29 is 0 Å². The molecule has 1 nitrogen and oxygen atoms in total. The van der Waals surface area contributed by atoms with Crippen molar-refractivity contribution in [2.75, 3.05) is 18.1 Å². The van der Waals surface area contributed by atoms with E-state index in [1.165, 1.54) is 17.9 Å². The molecule has 1 heterocycles. The van der Waals surface area contributed by atoms with E-state index in [2.05, 4.69) is 37.8 Å². The molecule has 2 atom stereocenters. The second-order valence-corrected chi connectivity index (χ2v) is 5.17. The summed E-state index contributed by atoms with van der Waals surface area (Å²) in [5, 5.41) is 3.58. The summed E-state index contributed by atoms with van der Waals surface area (Å²) < 4.78 is 0. The van der Waals surface area contributed by atoms with Gasteiger partial charge < -0.3 is 5.32 Å². The Morgan fingerprint density at radius 3 is 2.75 bits per heavy atom. The van der Waals surface area contributed by atoms with Crippen LogP contribution in [0.1, 0.15) is 27.2 Å².